The zero-order valence-electron chi connectivity index (χ0n) is 20.1. The topological polar surface area (TPSA) is 94.4 Å². The lowest BCUT2D eigenvalue weighted by Crippen LogP contribution is -2.61. The van der Waals surface area contributed by atoms with E-state index in [-0.39, 0.29) is 22.3 Å². The van der Waals surface area contributed by atoms with Gasteiger partial charge < -0.3 is 15.1 Å². The molecule has 0 saturated carbocycles. The molecule has 0 aliphatic carbocycles. The molecule has 2 saturated heterocycles. The van der Waals surface area contributed by atoms with Gasteiger partial charge in [0.25, 0.3) is 0 Å². The lowest BCUT2D eigenvalue weighted by molar-refractivity contribution is -0.102. The summed E-state index contributed by atoms with van der Waals surface area (Å²) in [4.78, 5) is 47.0. The standard InChI is InChI=1S/C26H32FN5O3/c1-19(35)23-11-24(27)25(10-21(23)14-33)32-8-2-20(3-9-32)13-31-17-26(18-31)4-5-28-12-22(15-34)30-7-6-29-16-26/h6-7,10-12,14-15,20,29H,2-5,8-9,13,16-18H2,1H3/b7-6+,28-12?,30-22?. The number of likely N-dealkylation sites (tertiary alicyclic amines) is 1. The summed E-state index contributed by atoms with van der Waals surface area (Å²) in [6.07, 6.45) is 9.07. The number of carbonyl (C=O) groups is 3. The van der Waals surface area contributed by atoms with Crippen LogP contribution in [0, 0.1) is 17.2 Å². The molecule has 0 bridgehead atoms. The molecule has 0 radical (unpaired) electrons. The van der Waals surface area contributed by atoms with Gasteiger partial charge in [-0.05, 0) is 44.2 Å². The first-order valence-electron chi connectivity index (χ1n) is 12.1. The first kappa shape index (κ1) is 24.9. The van der Waals surface area contributed by atoms with Gasteiger partial charge >= 0.3 is 0 Å². The Kier molecular flexibility index (Phi) is 7.85. The van der Waals surface area contributed by atoms with Gasteiger partial charge in [0.1, 0.15) is 11.5 Å². The van der Waals surface area contributed by atoms with E-state index in [4.69, 9.17) is 0 Å². The summed E-state index contributed by atoms with van der Waals surface area (Å²) in [6.45, 7) is 7.29. The molecule has 1 aromatic carbocycles. The third-order valence-corrected chi connectivity index (χ3v) is 7.22. The number of hydrogen-bond acceptors (Lipinski definition) is 8. The van der Waals surface area contributed by atoms with Crippen molar-refractivity contribution in [2.45, 2.75) is 26.2 Å². The van der Waals surface area contributed by atoms with E-state index in [1.54, 1.807) is 12.4 Å². The van der Waals surface area contributed by atoms with E-state index < -0.39 is 5.82 Å². The van der Waals surface area contributed by atoms with Gasteiger partial charge in [0.15, 0.2) is 18.4 Å². The van der Waals surface area contributed by atoms with Crippen molar-refractivity contribution >= 4 is 36.0 Å². The molecule has 1 spiro atoms. The van der Waals surface area contributed by atoms with Crippen LogP contribution in [0.15, 0.2) is 34.5 Å². The summed E-state index contributed by atoms with van der Waals surface area (Å²) in [5, 5.41) is 3.32. The Balaban J connectivity index is 1.29. The van der Waals surface area contributed by atoms with Crippen LogP contribution in [0.3, 0.4) is 0 Å². The molecule has 3 aliphatic heterocycles. The fraction of sp³-hybridized carbons (Fsp3) is 0.500. The maximum absolute atomic E-state index is 14.7. The Bertz CT molecular complexity index is 1050. The van der Waals surface area contributed by atoms with Crippen molar-refractivity contribution < 1.29 is 18.8 Å². The minimum atomic E-state index is -0.453. The van der Waals surface area contributed by atoms with Crippen LogP contribution in [0.4, 0.5) is 10.1 Å². The number of ketones is 1. The average molecular weight is 482 g/mol. The van der Waals surface area contributed by atoms with Crippen LogP contribution < -0.4 is 10.2 Å². The second-order valence-electron chi connectivity index (χ2n) is 9.82. The van der Waals surface area contributed by atoms with E-state index >= 15 is 0 Å². The van der Waals surface area contributed by atoms with Crippen LogP contribution in [0.1, 0.15) is 46.9 Å². The molecular formula is C26H32FN5O3. The number of nitrogens with zero attached hydrogens (tertiary/aromatic N) is 4. The van der Waals surface area contributed by atoms with Crippen LogP contribution in [-0.4, -0.2) is 81.0 Å². The maximum atomic E-state index is 14.7. The summed E-state index contributed by atoms with van der Waals surface area (Å²) in [5.74, 6) is -0.233. The summed E-state index contributed by atoms with van der Waals surface area (Å²) in [7, 11) is 0. The number of piperidine rings is 1. The minimum absolute atomic E-state index is 0.131. The van der Waals surface area contributed by atoms with E-state index in [2.05, 4.69) is 20.2 Å². The molecular weight excluding hydrogens is 449 g/mol. The molecule has 0 atom stereocenters. The number of aldehydes is 2. The van der Waals surface area contributed by atoms with Gasteiger partial charge in [-0.15, -0.1) is 0 Å². The van der Waals surface area contributed by atoms with Crippen molar-refractivity contribution in [2.24, 2.45) is 21.3 Å². The minimum Gasteiger partial charge on any atom is -0.389 e. The third-order valence-electron chi connectivity index (χ3n) is 7.22. The zero-order chi connectivity index (χ0) is 24.8. The molecule has 1 aromatic rings. The Labute approximate surface area is 205 Å². The number of halogens is 1. The second kappa shape index (κ2) is 11.0. The first-order valence-corrected chi connectivity index (χ1v) is 12.1. The van der Waals surface area contributed by atoms with Gasteiger partial charge in [0, 0.05) is 74.8 Å². The van der Waals surface area contributed by atoms with Crippen molar-refractivity contribution in [3.8, 4) is 0 Å². The van der Waals surface area contributed by atoms with Crippen molar-refractivity contribution in [2.75, 3.05) is 50.7 Å². The van der Waals surface area contributed by atoms with E-state index in [1.165, 1.54) is 25.3 Å². The third kappa shape index (κ3) is 5.90. The van der Waals surface area contributed by atoms with Crippen LogP contribution in [0.5, 0.6) is 0 Å². The second-order valence-corrected chi connectivity index (χ2v) is 9.82. The highest BCUT2D eigenvalue weighted by Gasteiger charge is 2.42. The molecule has 4 rings (SSSR count). The summed E-state index contributed by atoms with van der Waals surface area (Å²) in [5.41, 5.74) is 1.24. The van der Waals surface area contributed by atoms with Gasteiger partial charge in [0.2, 0.25) is 0 Å². The fourth-order valence-corrected chi connectivity index (χ4v) is 5.34. The van der Waals surface area contributed by atoms with Gasteiger partial charge in [0.05, 0.1) is 11.9 Å². The monoisotopic (exact) mass is 481 g/mol. The summed E-state index contributed by atoms with van der Waals surface area (Å²) >= 11 is 0. The van der Waals surface area contributed by atoms with E-state index in [0.717, 1.165) is 58.5 Å². The van der Waals surface area contributed by atoms with Crippen LogP contribution in [-0.2, 0) is 4.79 Å². The van der Waals surface area contributed by atoms with Crippen molar-refractivity contribution in [1.82, 2.24) is 10.2 Å². The van der Waals surface area contributed by atoms with Gasteiger partial charge in [-0.1, -0.05) is 0 Å². The number of carbonyl (C=O) groups excluding carboxylic acids is 3. The molecule has 35 heavy (non-hydrogen) atoms. The molecule has 8 nitrogen and oxygen atoms in total. The highest BCUT2D eigenvalue weighted by molar-refractivity contribution is 6.54. The molecule has 0 amide bonds. The Morgan fingerprint density at radius 1 is 1.23 bits per heavy atom. The lowest BCUT2D eigenvalue weighted by atomic mass is 9.75. The Hall–Kier alpha value is -3.20. The number of anilines is 1. The number of rotatable bonds is 6. The molecule has 2 fully saturated rings. The fourth-order valence-electron chi connectivity index (χ4n) is 5.34. The smallest absolute Gasteiger partial charge is 0.169 e. The van der Waals surface area contributed by atoms with E-state index in [0.29, 0.717) is 36.4 Å². The Morgan fingerprint density at radius 2 is 2.00 bits per heavy atom. The molecule has 3 heterocycles. The highest BCUT2D eigenvalue weighted by Crippen LogP contribution is 2.36. The SMILES string of the molecule is CC(=O)c1cc(F)c(N2CCC(CN3CC4(CCN=CC(C=O)=N/C=C/NC4)C3)CC2)cc1C=O. The quantitative estimate of drug-likeness (QED) is 0.496. The molecule has 186 valence electrons. The highest BCUT2D eigenvalue weighted by atomic mass is 19.1. The predicted molar refractivity (Wildman–Crippen MR) is 134 cm³/mol. The van der Waals surface area contributed by atoms with Gasteiger partial charge in [-0.2, -0.15) is 0 Å². The number of nitrogens with one attached hydrogen (secondary N) is 1. The largest absolute Gasteiger partial charge is 0.389 e. The van der Waals surface area contributed by atoms with Crippen molar-refractivity contribution in [1.29, 1.82) is 0 Å². The number of aliphatic imine (C=N–C) groups is 2. The number of benzene rings is 1. The normalized spacial score (nSPS) is 21.9. The molecule has 3 aliphatic rings. The van der Waals surface area contributed by atoms with Gasteiger partial charge in [-0.25, -0.2) is 4.39 Å². The lowest BCUT2D eigenvalue weighted by Gasteiger charge is -2.52. The van der Waals surface area contributed by atoms with Crippen LogP contribution in [0.25, 0.3) is 0 Å². The zero-order valence-corrected chi connectivity index (χ0v) is 20.1. The predicted octanol–water partition coefficient (Wildman–Crippen LogP) is 2.53. The average Bonchev–Trinajstić information content (AvgIpc) is 2.88. The summed E-state index contributed by atoms with van der Waals surface area (Å²) in [6, 6.07) is 2.70. The van der Waals surface area contributed by atoms with Crippen LogP contribution in [0.2, 0.25) is 0 Å². The van der Waals surface area contributed by atoms with Gasteiger partial charge in [-0.3, -0.25) is 24.4 Å². The maximum Gasteiger partial charge on any atom is 0.169 e. The molecule has 1 N–H and O–H groups in total. The van der Waals surface area contributed by atoms with Crippen LogP contribution >= 0.6 is 0 Å². The van der Waals surface area contributed by atoms with E-state index in [1.807, 2.05) is 4.90 Å². The number of hydrogen-bond donors (Lipinski definition) is 1. The summed E-state index contributed by atoms with van der Waals surface area (Å²) < 4.78 is 14.7. The molecule has 0 aromatic heterocycles. The van der Waals surface area contributed by atoms with E-state index in [9.17, 15) is 18.8 Å². The van der Waals surface area contributed by atoms with Crippen molar-refractivity contribution in [3.63, 3.8) is 0 Å². The molecule has 9 heteroatoms. The van der Waals surface area contributed by atoms with Crippen molar-refractivity contribution in [3.05, 3.63) is 41.5 Å². The number of Topliss-reactive ketones (excluding diaryl/α,β-unsaturated/α-hetero) is 1. The molecule has 0 unspecified atom stereocenters. The first-order chi connectivity index (χ1) is 16.9. The Morgan fingerprint density at radius 3 is 2.69 bits per heavy atom.